The number of fused-ring (bicyclic) bond motifs is 1. The molecule has 5 rings (SSSR count). The highest BCUT2D eigenvalue weighted by Gasteiger charge is 2.28. The molecule has 1 fully saturated rings. The molecule has 158 valence electrons. The number of imide groups is 1. The molecule has 1 saturated heterocycles. The maximum Gasteiger partial charge on any atom is 0.257 e. The Morgan fingerprint density at radius 1 is 0.844 bits per heavy atom. The Morgan fingerprint density at radius 2 is 1.50 bits per heavy atom. The van der Waals surface area contributed by atoms with Crippen LogP contribution in [-0.2, 0) is 16.1 Å². The zero-order chi connectivity index (χ0) is 22.1. The fraction of sp³-hybridized carbons (Fsp3) is 0.120. The number of anilines is 1. The quantitative estimate of drug-likeness (QED) is 0.492. The van der Waals surface area contributed by atoms with Crippen molar-refractivity contribution >= 4 is 34.7 Å². The third-order valence-corrected chi connectivity index (χ3v) is 5.51. The monoisotopic (exact) mass is 424 g/mol. The Bertz CT molecular complexity index is 1310. The average molecular weight is 424 g/mol. The second-order valence-corrected chi connectivity index (χ2v) is 7.62. The summed E-state index contributed by atoms with van der Waals surface area (Å²) in [6.07, 6.45) is 0.531. The predicted molar refractivity (Wildman–Crippen MR) is 120 cm³/mol. The fourth-order valence-corrected chi connectivity index (χ4v) is 3.87. The van der Waals surface area contributed by atoms with Gasteiger partial charge in [-0.1, -0.05) is 42.5 Å². The lowest BCUT2D eigenvalue weighted by Crippen LogP contribution is -2.28. The molecule has 0 unspecified atom stereocenters. The molecule has 3 amide bonds. The molecule has 32 heavy (non-hydrogen) atoms. The lowest BCUT2D eigenvalue weighted by atomic mass is 10.1. The van der Waals surface area contributed by atoms with E-state index < -0.39 is 0 Å². The van der Waals surface area contributed by atoms with Gasteiger partial charge in [0.05, 0.1) is 17.6 Å². The van der Waals surface area contributed by atoms with Crippen LogP contribution in [0.25, 0.3) is 16.7 Å². The normalized spacial score (nSPS) is 13.7. The lowest BCUT2D eigenvalue weighted by Gasteiger charge is -2.14. The number of nitrogens with one attached hydrogen (secondary N) is 1. The molecule has 7 heteroatoms. The number of likely N-dealkylation sites (tertiary alicyclic amines) is 1. The first-order valence-corrected chi connectivity index (χ1v) is 10.4. The van der Waals surface area contributed by atoms with Gasteiger partial charge in [0.2, 0.25) is 17.8 Å². The number of aromatic nitrogens is 2. The van der Waals surface area contributed by atoms with Crippen LogP contribution in [0.15, 0.2) is 78.9 Å². The van der Waals surface area contributed by atoms with Gasteiger partial charge in [0.1, 0.15) is 0 Å². The number of hydrogen-bond donors (Lipinski definition) is 1. The highest BCUT2D eigenvalue weighted by molar-refractivity contribution is 6.04. The first-order valence-electron chi connectivity index (χ1n) is 10.4. The zero-order valence-electron chi connectivity index (χ0n) is 17.2. The minimum Gasteiger partial charge on any atom is -0.292 e. The van der Waals surface area contributed by atoms with Gasteiger partial charge in [-0.25, -0.2) is 4.98 Å². The van der Waals surface area contributed by atoms with Crippen LogP contribution in [0.5, 0.6) is 0 Å². The number of carbonyl (C=O) groups is 3. The summed E-state index contributed by atoms with van der Waals surface area (Å²) in [7, 11) is 0. The minimum absolute atomic E-state index is 0.156. The number of hydrogen-bond acceptors (Lipinski definition) is 4. The summed E-state index contributed by atoms with van der Waals surface area (Å²) in [6, 6.07) is 24.3. The molecule has 0 aliphatic carbocycles. The summed E-state index contributed by atoms with van der Waals surface area (Å²) in [5.41, 5.74) is 3.82. The SMILES string of the molecule is O=C(Nc1nc2ccccc2n1-c1ccccc1)c1ccc(CN2C(=O)CCC2=O)cc1. The summed E-state index contributed by atoms with van der Waals surface area (Å²) < 4.78 is 1.91. The number of imidazole rings is 1. The summed E-state index contributed by atoms with van der Waals surface area (Å²) in [5, 5.41) is 2.92. The van der Waals surface area contributed by atoms with Crippen molar-refractivity contribution in [3.05, 3.63) is 90.0 Å². The first kappa shape index (κ1) is 19.7. The second kappa shape index (κ2) is 8.11. The molecule has 1 aliphatic heterocycles. The van der Waals surface area contributed by atoms with E-state index in [0.29, 0.717) is 11.5 Å². The van der Waals surface area contributed by atoms with Crippen molar-refractivity contribution in [1.82, 2.24) is 14.5 Å². The van der Waals surface area contributed by atoms with Gasteiger partial charge in [-0.3, -0.25) is 29.2 Å². The number of benzene rings is 3. The zero-order valence-corrected chi connectivity index (χ0v) is 17.2. The van der Waals surface area contributed by atoms with Gasteiger partial charge in [0, 0.05) is 24.1 Å². The standard InChI is InChI=1S/C25H20N4O3/c30-22-14-15-23(31)28(22)16-17-10-12-18(13-11-17)24(32)27-25-26-20-8-4-5-9-21(20)29(25)19-6-2-1-3-7-19/h1-13H,14-16H2,(H,26,27,32). The molecule has 0 radical (unpaired) electrons. The van der Waals surface area contributed by atoms with Crippen molar-refractivity contribution < 1.29 is 14.4 Å². The van der Waals surface area contributed by atoms with Gasteiger partial charge in [-0.15, -0.1) is 0 Å². The van der Waals surface area contributed by atoms with Gasteiger partial charge in [0.25, 0.3) is 5.91 Å². The molecule has 0 atom stereocenters. The van der Waals surface area contributed by atoms with E-state index in [0.717, 1.165) is 22.3 Å². The van der Waals surface area contributed by atoms with Gasteiger partial charge in [0.15, 0.2) is 0 Å². The Morgan fingerprint density at radius 3 is 2.22 bits per heavy atom. The van der Waals surface area contributed by atoms with Crippen molar-refractivity contribution in [1.29, 1.82) is 0 Å². The summed E-state index contributed by atoms with van der Waals surface area (Å²) >= 11 is 0. The number of rotatable bonds is 5. The maximum absolute atomic E-state index is 13.0. The van der Waals surface area contributed by atoms with Crippen LogP contribution in [0, 0.1) is 0 Å². The number of para-hydroxylation sites is 3. The number of nitrogens with zero attached hydrogens (tertiary/aromatic N) is 3. The fourth-order valence-electron chi connectivity index (χ4n) is 3.87. The predicted octanol–water partition coefficient (Wildman–Crippen LogP) is 3.93. The summed E-state index contributed by atoms with van der Waals surface area (Å²) in [6.45, 7) is 0.226. The van der Waals surface area contributed by atoms with E-state index in [-0.39, 0.29) is 37.1 Å². The molecule has 1 N–H and O–H groups in total. The van der Waals surface area contributed by atoms with E-state index in [2.05, 4.69) is 10.3 Å². The van der Waals surface area contributed by atoms with E-state index in [9.17, 15) is 14.4 Å². The van der Waals surface area contributed by atoms with Crippen LogP contribution in [0.1, 0.15) is 28.8 Å². The van der Waals surface area contributed by atoms with Gasteiger partial charge < -0.3 is 0 Å². The summed E-state index contributed by atoms with van der Waals surface area (Å²) in [4.78, 5) is 42.5. The Balaban J connectivity index is 1.40. The topological polar surface area (TPSA) is 84.3 Å². The maximum atomic E-state index is 13.0. The Hall–Kier alpha value is -4.26. The van der Waals surface area contributed by atoms with Crippen molar-refractivity contribution in [3.63, 3.8) is 0 Å². The van der Waals surface area contributed by atoms with E-state index in [4.69, 9.17) is 0 Å². The van der Waals surface area contributed by atoms with Gasteiger partial charge in [-0.05, 0) is 42.0 Å². The molecule has 3 aromatic carbocycles. The van der Waals surface area contributed by atoms with Crippen LogP contribution in [0.4, 0.5) is 5.95 Å². The van der Waals surface area contributed by atoms with Crippen LogP contribution in [-0.4, -0.2) is 32.2 Å². The molecule has 0 saturated carbocycles. The van der Waals surface area contributed by atoms with E-state index in [1.54, 1.807) is 24.3 Å². The molecule has 1 aliphatic rings. The molecular formula is C25H20N4O3. The van der Waals surface area contributed by atoms with Crippen molar-refractivity contribution in [2.75, 3.05) is 5.32 Å². The second-order valence-electron chi connectivity index (χ2n) is 7.62. The van der Waals surface area contributed by atoms with E-state index >= 15 is 0 Å². The third kappa shape index (κ3) is 3.65. The molecule has 0 bridgehead atoms. The van der Waals surface area contributed by atoms with Crippen LogP contribution in [0.2, 0.25) is 0 Å². The Labute approximate surface area is 184 Å². The van der Waals surface area contributed by atoms with E-state index in [1.807, 2.05) is 59.2 Å². The molecular weight excluding hydrogens is 404 g/mol. The molecule has 2 heterocycles. The van der Waals surface area contributed by atoms with Crippen LogP contribution >= 0.6 is 0 Å². The van der Waals surface area contributed by atoms with Crippen molar-refractivity contribution in [2.24, 2.45) is 0 Å². The minimum atomic E-state index is -0.294. The lowest BCUT2D eigenvalue weighted by molar-refractivity contribution is -0.139. The third-order valence-electron chi connectivity index (χ3n) is 5.51. The van der Waals surface area contributed by atoms with Gasteiger partial charge in [-0.2, -0.15) is 0 Å². The van der Waals surface area contributed by atoms with E-state index in [1.165, 1.54) is 4.90 Å². The molecule has 4 aromatic rings. The highest BCUT2D eigenvalue weighted by Crippen LogP contribution is 2.25. The van der Waals surface area contributed by atoms with Crippen LogP contribution < -0.4 is 5.32 Å². The first-order chi connectivity index (χ1) is 15.6. The highest BCUT2D eigenvalue weighted by atomic mass is 16.2. The average Bonchev–Trinajstić information content (AvgIpc) is 3.34. The number of carbonyl (C=O) groups excluding carboxylic acids is 3. The largest absolute Gasteiger partial charge is 0.292 e. The summed E-state index contributed by atoms with van der Waals surface area (Å²) in [5.74, 6) is -0.176. The Kier molecular flexibility index (Phi) is 4.99. The van der Waals surface area contributed by atoms with Crippen molar-refractivity contribution in [3.8, 4) is 5.69 Å². The van der Waals surface area contributed by atoms with Gasteiger partial charge >= 0.3 is 0 Å². The van der Waals surface area contributed by atoms with Crippen LogP contribution in [0.3, 0.4) is 0 Å². The smallest absolute Gasteiger partial charge is 0.257 e. The molecule has 7 nitrogen and oxygen atoms in total. The van der Waals surface area contributed by atoms with Crippen molar-refractivity contribution in [2.45, 2.75) is 19.4 Å². The molecule has 1 aromatic heterocycles. The number of amides is 3. The molecule has 0 spiro atoms.